The molecule has 20 heavy (non-hydrogen) atoms. The summed E-state index contributed by atoms with van der Waals surface area (Å²) in [5, 5.41) is 2.69. The lowest BCUT2D eigenvalue weighted by Gasteiger charge is -2.08. The summed E-state index contributed by atoms with van der Waals surface area (Å²) in [4.78, 5) is 12.0. The molecule has 6 heteroatoms. The molecular formula is C14H10Br2FNO2. The Balaban J connectivity index is 2.19. The molecule has 1 amide bonds. The number of hydrogen-bond acceptors (Lipinski definition) is 2. The van der Waals surface area contributed by atoms with Crippen LogP contribution in [0.15, 0.2) is 45.3 Å². The van der Waals surface area contributed by atoms with E-state index in [-0.39, 0.29) is 11.5 Å². The Hall–Kier alpha value is -1.40. The lowest BCUT2D eigenvalue weighted by Crippen LogP contribution is -2.12. The van der Waals surface area contributed by atoms with E-state index in [2.05, 4.69) is 37.2 Å². The van der Waals surface area contributed by atoms with Crippen molar-refractivity contribution in [1.82, 2.24) is 0 Å². The van der Waals surface area contributed by atoms with Crippen LogP contribution in [0.2, 0.25) is 0 Å². The molecule has 0 aromatic heterocycles. The summed E-state index contributed by atoms with van der Waals surface area (Å²) in [7, 11) is 1.56. The van der Waals surface area contributed by atoms with E-state index in [1.54, 1.807) is 31.4 Å². The number of benzene rings is 2. The minimum atomic E-state index is -0.478. The number of methoxy groups -OCH3 is 1. The van der Waals surface area contributed by atoms with Crippen LogP contribution < -0.4 is 10.1 Å². The van der Waals surface area contributed by atoms with Crippen molar-refractivity contribution in [2.45, 2.75) is 0 Å². The standard InChI is InChI=1S/C14H10Br2FNO2/c1-20-13-5-3-9(7-11(13)16)18-14(19)8-2-4-10(15)12(17)6-8/h2-7H,1H3,(H,18,19). The first-order valence-electron chi connectivity index (χ1n) is 5.61. The average Bonchev–Trinajstić information content (AvgIpc) is 2.42. The zero-order chi connectivity index (χ0) is 14.7. The van der Waals surface area contributed by atoms with Crippen molar-refractivity contribution in [3.05, 3.63) is 56.7 Å². The number of carbonyl (C=O) groups is 1. The van der Waals surface area contributed by atoms with E-state index >= 15 is 0 Å². The molecule has 0 heterocycles. The molecule has 0 atom stereocenters. The van der Waals surface area contributed by atoms with Gasteiger partial charge < -0.3 is 10.1 Å². The maximum absolute atomic E-state index is 13.4. The fraction of sp³-hybridized carbons (Fsp3) is 0.0714. The van der Waals surface area contributed by atoms with Crippen molar-refractivity contribution in [2.24, 2.45) is 0 Å². The minimum absolute atomic E-state index is 0.248. The molecule has 0 saturated heterocycles. The van der Waals surface area contributed by atoms with Gasteiger partial charge in [0, 0.05) is 11.3 Å². The van der Waals surface area contributed by atoms with E-state index in [0.29, 0.717) is 15.9 Å². The van der Waals surface area contributed by atoms with Crippen molar-refractivity contribution in [3.8, 4) is 5.75 Å². The molecule has 0 aliphatic carbocycles. The molecule has 3 nitrogen and oxygen atoms in total. The Labute approximate surface area is 132 Å². The number of rotatable bonds is 3. The van der Waals surface area contributed by atoms with E-state index < -0.39 is 5.82 Å². The maximum atomic E-state index is 13.4. The highest BCUT2D eigenvalue weighted by molar-refractivity contribution is 9.10. The summed E-state index contributed by atoms with van der Waals surface area (Å²) in [5.41, 5.74) is 0.837. The minimum Gasteiger partial charge on any atom is -0.496 e. The fourth-order valence-electron chi connectivity index (χ4n) is 1.58. The van der Waals surface area contributed by atoms with Crippen LogP contribution in [0.5, 0.6) is 5.75 Å². The van der Waals surface area contributed by atoms with Gasteiger partial charge in [0.05, 0.1) is 16.1 Å². The number of halogens is 3. The van der Waals surface area contributed by atoms with Crippen LogP contribution in [-0.4, -0.2) is 13.0 Å². The van der Waals surface area contributed by atoms with E-state index in [0.717, 1.165) is 4.47 Å². The van der Waals surface area contributed by atoms with Gasteiger partial charge in [-0.3, -0.25) is 4.79 Å². The van der Waals surface area contributed by atoms with Gasteiger partial charge in [-0.1, -0.05) is 0 Å². The van der Waals surface area contributed by atoms with Crippen molar-refractivity contribution in [3.63, 3.8) is 0 Å². The van der Waals surface area contributed by atoms with Crippen molar-refractivity contribution in [2.75, 3.05) is 12.4 Å². The number of hydrogen-bond donors (Lipinski definition) is 1. The van der Waals surface area contributed by atoms with Crippen LogP contribution in [0.1, 0.15) is 10.4 Å². The third-order valence-electron chi connectivity index (χ3n) is 2.59. The highest BCUT2D eigenvalue weighted by Crippen LogP contribution is 2.28. The van der Waals surface area contributed by atoms with E-state index in [1.165, 1.54) is 12.1 Å². The van der Waals surface area contributed by atoms with Crippen LogP contribution in [-0.2, 0) is 0 Å². The van der Waals surface area contributed by atoms with Gasteiger partial charge in [0.2, 0.25) is 0 Å². The molecule has 0 bridgehead atoms. The average molecular weight is 403 g/mol. The maximum Gasteiger partial charge on any atom is 0.255 e. The Kier molecular flexibility index (Phi) is 4.77. The molecule has 0 spiro atoms. The Morgan fingerprint density at radius 2 is 1.90 bits per heavy atom. The summed E-state index contributed by atoms with van der Waals surface area (Å²) < 4.78 is 19.5. The van der Waals surface area contributed by atoms with Gasteiger partial charge in [-0.25, -0.2) is 4.39 Å². The number of carbonyl (C=O) groups excluding carboxylic acids is 1. The first-order chi connectivity index (χ1) is 9.51. The fourth-order valence-corrected chi connectivity index (χ4v) is 2.37. The molecule has 0 radical (unpaired) electrons. The molecule has 2 rings (SSSR count). The van der Waals surface area contributed by atoms with Crippen LogP contribution in [0, 0.1) is 5.82 Å². The number of amides is 1. The number of nitrogens with one attached hydrogen (secondary N) is 1. The lowest BCUT2D eigenvalue weighted by molar-refractivity contribution is 0.102. The molecule has 2 aromatic rings. The van der Waals surface area contributed by atoms with Crippen molar-refractivity contribution in [1.29, 1.82) is 0 Å². The highest BCUT2D eigenvalue weighted by Gasteiger charge is 2.10. The molecule has 1 N–H and O–H groups in total. The first kappa shape index (κ1) is 15.0. The Morgan fingerprint density at radius 1 is 1.15 bits per heavy atom. The third kappa shape index (κ3) is 3.37. The molecule has 2 aromatic carbocycles. The zero-order valence-electron chi connectivity index (χ0n) is 10.4. The Bertz CT molecular complexity index is 662. The number of anilines is 1. The van der Waals surface area contributed by atoms with Crippen LogP contribution in [0.25, 0.3) is 0 Å². The largest absolute Gasteiger partial charge is 0.496 e. The van der Waals surface area contributed by atoms with Gasteiger partial charge in [-0.15, -0.1) is 0 Å². The topological polar surface area (TPSA) is 38.3 Å². The second-order valence-corrected chi connectivity index (χ2v) is 5.64. The van der Waals surface area contributed by atoms with Gasteiger partial charge in [0.1, 0.15) is 11.6 Å². The smallest absolute Gasteiger partial charge is 0.255 e. The predicted molar refractivity (Wildman–Crippen MR) is 82.7 cm³/mol. The normalized spacial score (nSPS) is 10.2. The van der Waals surface area contributed by atoms with Crippen LogP contribution in [0.4, 0.5) is 10.1 Å². The third-order valence-corrected chi connectivity index (χ3v) is 3.85. The molecule has 0 aliphatic heterocycles. The predicted octanol–water partition coefficient (Wildman–Crippen LogP) is 4.61. The van der Waals surface area contributed by atoms with E-state index in [4.69, 9.17) is 4.74 Å². The summed E-state index contributed by atoms with van der Waals surface area (Å²) >= 11 is 6.38. The van der Waals surface area contributed by atoms with Gasteiger partial charge >= 0.3 is 0 Å². The van der Waals surface area contributed by atoms with Crippen LogP contribution >= 0.6 is 31.9 Å². The molecule has 0 unspecified atom stereocenters. The zero-order valence-corrected chi connectivity index (χ0v) is 13.6. The summed E-state index contributed by atoms with van der Waals surface area (Å²) in [5.74, 6) is -0.195. The van der Waals surface area contributed by atoms with Crippen LogP contribution in [0.3, 0.4) is 0 Å². The lowest BCUT2D eigenvalue weighted by atomic mass is 10.2. The summed E-state index contributed by atoms with van der Waals surface area (Å²) in [6.07, 6.45) is 0. The molecule has 0 aliphatic rings. The SMILES string of the molecule is COc1ccc(NC(=O)c2ccc(Br)c(F)c2)cc1Br. The van der Waals surface area contributed by atoms with Crippen molar-refractivity contribution >= 4 is 43.5 Å². The Morgan fingerprint density at radius 3 is 2.50 bits per heavy atom. The second-order valence-electron chi connectivity index (χ2n) is 3.93. The highest BCUT2D eigenvalue weighted by atomic mass is 79.9. The molecular weight excluding hydrogens is 393 g/mol. The van der Waals surface area contributed by atoms with E-state index in [1.807, 2.05) is 0 Å². The molecule has 0 saturated carbocycles. The van der Waals surface area contributed by atoms with Gasteiger partial charge in [-0.05, 0) is 68.3 Å². The second kappa shape index (κ2) is 6.37. The summed E-state index contributed by atoms with van der Waals surface area (Å²) in [6, 6.07) is 9.36. The van der Waals surface area contributed by atoms with Gasteiger partial charge in [-0.2, -0.15) is 0 Å². The number of ether oxygens (including phenoxy) is 1. The van der Waals surface area contributed by atoms with Crippen molar-refractivity contribution < 1.29 is 13.9 Å². The molecule has 104 valence electrons. The molecule has 0 fully saturated rings. The van der Waals surface area contributed by atoms with Gasteiger partial charge in [0.25, 0.3) is 5.91 Å². The quantitative estimate of drug-likeness (QED) is 0.813. The monoisotopic (exact) mass is 401 g/mol. The first-order valence-corrected chi connectivity index (χ1v) is 7.20. The van der Waals surface area contributed by atoms with Gasteiger partial charge in [0.15, 0.2) is 0 Å². The summed E-state index contributed by atoms with van der Waals surface area (Å²) in [6.45, 7) is 0. The van der Waals surface area contributed by atoms with E-state index in [9.17, 15) is 9.18 Å².